The van der Waals surface area contributed by atoms with Gasteiger partial charge in [0, 0.05) is 26.2 Å². The van der Waals surface area contributed by atoms with Crippen molar-refractivity contribution < 1.29 is 23.9 Å². The lowest BCUT2D eigenvalue weighted by Crippen LogP contribution is -2.50. The van der Waals surface area contributed by atoms with Crippen LogP contribution in [-0.4, -0.2) is 65.4 Å². The Kier molecular flexibility index (Phi) is 9.27. The van der Waals surface area contributed by atoms with Crippen LogP contribution in [0.5, 0.6) is 0 Å². The van der Waals surface area contributed by atoms with E-state index in [9.17, 15) is 14.4 Å². The van der Waals surface area contributed by atoms with Crippen LogP contribution < -0.4 is 15.5 Å². The molecule has 0 spiro atoms. The Morgan fingerprint density at radius 2 is 1.37 bits per heavy atom. The van der Waals surface area contributed by atoms with E-state index in [4.69, 9.17) is 9.47 Å². The zero-order valence-electron chi connectivity index (χ0n) is 26.0. The number of ether oxygens (including phenoxy) is 2. The minimum atomic E-state index is -0.677. The second kappa shape index (κ2) is 12.7. The number of benzene rings is 2. The lowest BCUT2D eigenvalue weighted by molar-refractivity contribution is 0.0240. The van der Waals surface area contributed by atoms with Crippen LogP contribution in [0.1, 0.15) is 57.6 Å². The van der Waals surface area contributed by atoms with Crippen LogP contribution in [0.3, 0.4) is 0 Å². The van der Waals surface area contributed by atoms with Gasteiger partial charge in [0.05, 0.1) is 23.3 Å². The summed E-state index contributed by atoms with van der Waals surface area (Å²) in [5.41, 5.74) is 3.66. The SMILES string of the molecule is Cc1ccc(-c2ccc(NC(=O)OC(C)(C)C)c(NC(=O)c3ccc(N4CCN(C(=O)OC(C)(C)C)CC4)cn3)c2)cc1. The van der Waals surface area contributed by atoms with Crippen LogP contribution in [0.4, 0.5) is 26.7 Å². The van der Waals surface area contributed by atoms with E-state index in [2.05, 4.69) is 20.5 Å². The minimum Gasteiger partial charge on any atom is -0.444 e. The Balaban J connectivity index is 1.47. The summed E-state index contributed by atoms with van der Waals surface area (Å²) in [5, 5.41) is 5.66. The van der Waals surface area contributed by atoms with E-state index in [1.165, 1.54) is 0 Å². The Morgan fingerprint density at radius 3 is 1.95 bits per heavy atom. The van der Waals surface area contributed by atoms with Gasteiger partial charge in [0.1, 0.15) is 16.9 Å². The smallest absolute Gasteiger partial charge is 0.412 e. The first kappa shape index (κ1) is 31.3. The molecular weight excluding hydrogens is 546 g/mol. The van der Waals surface area contributed by atoms with E-state index < -0.39 is 23.2 Å². The molecule has 1 aromatic heterocycles. The van der Waals surface area contributed by atoms with Crippen LogP contribution in [0.25, 0.3) is 11.1 Å². The maximum absolute atomic E-state index is 13.3. The lowest BCUT2D eigenvalue weighted by Gasteiger charge is -2.36. The molecule has 10 heteroatoms. The number of carbonyl (C=O) groups is 3. The van der Waals surface area contributed by atoms with Gasteiger partial charge in [-0.2, -0.15) is 0 Å². The Bertz CT molecular complexity index is 1450. The highest BCUT2D eigenvalue weighted by molar-refractivity contribution is 6.06. The first-order valence-electron chi connectivity index (χ1n) is 14.4. The van der Waals surface area contributed by atoms with Crippen molar-refractivity contribution in [1.82, 2.24) is 9.88 Å². The van der Waals surface area contributed by atoms with Crippen molar-refractivity contribution in [1.29, 1.82) is 0 Å². The number of aryl methyl sites for hydroxylation is 1. The third kappa shape index (κ3) is 8.94. The molecule has 10 nitrogen and oxygen atoms in total. The molecule has 0 bridgehead atoms. The number of carbonyl (C=O) groups excluding carboxylic acids is 3. The number of aromatic nitrogens is 1. The molecular formula is C33H41N5O5. The zero-order chi connectivity index (χ0) is 31.4. The summed E-state index contributed by atoms with van der Waals surface area (Å²) >= 11 is 0. The van der Waals surface area contributed by atoms with Gasteiger partial charge in [0.2, 0.25) is 0 Å². The van der Waals surface area contributed by atoms with Gasteiger partial charge in [-0.25, -0.2) is 14.6 Å². The van der Waals surface area contributed by atoms with Crippen molar-refractivity contribution in [3.8, 4) is 11.1 Å². The Morgan fingerprint density at radius 1 is 0.744 bits per heavy atom. The monoisotopic (exact) mass is 587 g/mol. The predicted molar refractivity (Wildman–Crippen MR) is 169 cm³/mol. The number of anilines is 3. The summed E-state index contributed by atoms with van der Waals surface area (Å²) in [4.78, 5) is 46.5. The van der Waals surface area contributed by atoms with Gasteiger partial charge < -0.3 is 24.6 Å². The van der Waals surface area contributed by atoms with E-state index in [0.29, 0.717) is 37.6 Å². The summed E-state index contributed by atoms with van der Waals surface area (Å²) < 4.78 is 10.9. The first-order chi connectivity index (χ1) is 20.2. The third-order valence-electron chi connectivity index (χ3n) is 6.57. The van der Waals surface area contributed by atoms with Gasteiger partial charge in [-0.1, -0.05) is 35.9 Å². The zero-order valence-corrected chi connectivity index (χ0v) is 26.0. The largest absolute Gasteiger partial charge is 0.444 e. The quantitative estimate of drug-likeness (QED) is 0.341. The Hall–Kier alpha value is -4.60. The van der Waals surface area contributed by atoms with Crippen molar-refractivity contribution in [3.05, 3.63) is 72.1 Å². The van der Waals surface area contributed by atoms with Crippen LogP contribution >= 0.6 is 0 Å². The molecule has 2 heterocycles. The molecule has 3 amide bonds. The van der Waals surface area contributed by atoms with E-state index in [-0.39, 0.29) is 11.8 Å². The Labute approximate surface area is 253 Å². The minimum absolute atomic E-state index is 0.222. The average molecular weight is 588 g/mol. The van der Waals surface area contributed by atoms with Gasteiger partial charge in [-0.05, 0) is 83.9 Å². The number of nitrogens with one attached hydrogen (secondary N) is 2. The van der Waals surface area contributed by atoms with Crippen LogP contribution in [0.15, 0.2) is 60.8 Å². The third-order valence-corrected chi connectivity index (χ3v) is 6.57. The van der Waals surface area contributed by atoms with Crippen molar-refractivity contribution >= 4 is 35.2 Å². The van der Waals surface area contributed by atoms with E-state index in [1.54, 1.807) is 44.0 Å². The number of rotatable bonds is 5. The van der Waals surface area contributed by atoms with Gasteiger partial charge in [0.25, 0.3) is 5.91 Å². The summed E-state index contributed by atoms with van der Waals surface area (Å²) in [5.74, 6) is -0.422. The van der Waals surface area contributed by atoms with Crippen molar-refractivity contribution in [2.75, 3.05) is 41.7 Å². The number of hydrogen-bond donors (Lipinski definition) is 2. The molecule has 0 aliphatic carbocycles. The number of nitrogens with zero attached hydrogens (tertiary/aromatic N) is 3. The molecule has 2 N–H and O–H groups in total. The van der Waals surface area contributed by atoms with E-state index >= 15 is 0 Å². The number of piperazine rings is 1. The highest BCUT2D eigenvalue weighted by Gasteiger charge is 2.26. The highest BCUT2D eigenvalue weighted by Crippen LogP contribution is 2.30. The molecule has 1 aliphatic heterocycles. The van der Waals surface area contributed by atoms with Gasteiger partial charge in [-0.3, -0.25) is 10.1 Å². The molecule has 1 fully saturated rings. The second-order valence-electron chi connectivity index (χ2n) is 12.6. The van der Waals surface area contributed by atoms with Crippen LogP contribution in [0, 0.1) is 6.92 Å². The predicted octanol–water partition coefficient (Wildman–Crippen LogP) is 6.71. The molecule has 1 saturated heterocycles. The maximum Gasteiger partial charge on any atom is 0.412 e. The maximum atomic E-state index is 13.3. The number of amides is 3. The fraction of sp³-hybridized carbons (Fsp3) is 0.394. The fourth-order valence-electron chi connectivity index (χ4n) is 4.46. The highest BCUT2D eigenvalue weighted by atomic mass is 16.6. The van der Waals surface area contributed by atoms with Gasteiger partial charge in [0.15, 0.2) is 0 Å². The normalized spacial score (nSPS) is 13.7. The van der Waals surface area contributed by atoms with E-state index in [1.807, 2.05) is 70.2 Å². The molecule has 0 unspecified atom stereocenters. The van der Waals surface area contributed by atoms with E-state index in [0.717, 1.165) is 22.4 Å². The average Bonchev–Trinajstić information content (AvgIpc) is 2.92. The lowest BCUT2D eigenvalue weighted by atomic mass is 10.0. The molecule has 0 radical (unpaired) electrons. The summed E-state index contributed by atoms with van der Waals surface area (Å²) in [6.07, 6.45) is 0.713. The van der Waals surface area contributed by atoms with Crippen LogP contribution in [-0.2, 0) is 9.47 Å². The standard InChI is InChI=1S/C33H41N5O5/c1-22-8-10-23(11-9-22)24-12-14-26(36-30(40)42-32(2,3)4)28(20-24)35-29(39)27-15-13-25(21-34-27)37-16-18-38(19-17-37)31(41)43-33(5,6)7/h8-15,20-21H,16-19H2,1-7H3,(H,35,39)(H,36,40). The van der Waals surface area contributed by atoms with Crippen LogP contribution in [0.2, 0.25) is 0 Å². The van der Waals surface area contributed by atoms with Crippen molar-refractivity contribution in [2.24, 2.45) is 0 Å². The van der Waals surface area contributed by atoms with Crippen molar-refractivity contribution in [3.63, 3.8) is 0 Å². The van der Waals surface area contributed by atoms with Gasteiger partial charge in [-0.15, -0.1) is 0 Å². The summed E-state index contributed by atoms with van der Waals surface area (Å²) in [6.45, 7) is 15.2. The topological polar surface area (TPSA) is 113 Å². The molecule has 1 aliphatic rings. The van der Waals surface area contributed by atoms with Crippen molar-refractivity contribution in [2.45, 2.75) is 59.7 Å². The van der Waals surface area contributed by atoms with Gasteiger partial charge >= 0.3 is 12.2 Å². The summed E-state index contributed by atoms with van der Waals surface area (Å²) in [6, 6.07) is 17.0. The first-order valence-corrected chi connectivity index (χ1v) is 14.4. The molecule has 0 saturated carbocycles. The summed E-state index contributed by atoms with van der Waals surface area (Å²) in [7, 11) is 0. The molecule has 43 heavy (non-hydrogen) atoms. The molecule has 2 aromatic carbocycles. The molecule has 4 rings (SSSR count). The fourth-order valence-corrected chi connectivity index (χ4v) is 4.46. The number of hydrogen-bond acceptors (Lipinski definition) is 7. The molecule has 228 valence electrons. The number of pyridine rings is 1. The molecule has 3 aromatic rings. The molecule has 0 atom stereocenters. The second-order valence-corrected chi connectivity index (χ2v) is 12.6.